The average molecular weight is 445 g/mol. The third-order valence-electron chi connectivity index (χ3n) is 6.10. The predicted octanol–water partition coefficient (Wildman–Crippen LogP) is 8.74. The van der Waals surface area contributed by atoms with Gasteiger partial charge in [0.15, 0.2) is 0 Å². The quantitative estimate of drug-likeness (QED) is 0.267. The van der Waals surface area contributed by atoms with E-state index in [2.05, 4.69) is 19.1 Å². The summed E-state index contributed by atoms with van der Waals surface area (Å²) in [5.74, 6) is -1.46. The van der Waals surface area contributed by atoms with E-state index >= 15 is 0 Å². The van der Waals surface area contributed by atoms with Crippen molar-refractivity contribution in [2.45, 2.75) is 39.0 Å². The standard InChI is InChI=1S/C30H27F3/c1-3-7-24-14-15-25(17-27(24)31)30-28(32)18-26(19-29(30)33)23-12-10-21(11-13-23)16-20(2)22-8-5-4-6-9-22/h4-6,8-15,17-20H,3,7,16H2,1-2H3/t20-/m1/s1. The summed E-state index contributed by atoms with van der Waals surface area (Å²) in [5.41, 5.74) is 4.20. The highest BCUT2D eigenvalue weighted by Crippen LogP contribution is 2.32. The Morgan fingerprint density at radius 1 is 0.667 bits per heavy atom. The molecule has 33 heavy (non-hydrogen) atoms. The van der Waals surface area contributed by atoms with Crippen LogP contribution in [0.5, 0.6) is 0 Å². The van der Waals surface area contributed by atoms with Gasteiger partial charge in [0.2, 0.25) is 0 Å². The molecule has 4 rings (SSSR count). The average Bonchev–Trinajstić information content (AvgIpc) is 2.81. The van der Waals surface area contributed by atoms with Gasteiger partial charge in [-0.25, -0.2) is 13.2 Å². The fourth-order valence-electron chi connectivity index (χ4n) is 4.28. The lowest BCUT2D eigenvalue weighted by atomic mass is 9.92. The molecule has 3 heteroatoms. The molecule has 0 aliphatic rings. The van der Waals surface area contributed by atoms with E-state index in [-0.39, 0.29) is 11.1 Å². The zero-order valence-electron chi connectivity index (χ0n) is 18.9. The maximum atomic E-state index is 14.9. The Balaban J connectivity index is 1.56. The van der Waals surface area contributed by atoms with E-state index in [1.54, 1.807) is 12.1 Å². The van der Waals surface area contributed by atoms with Gasteiger partial charge in [-0.15, -0.1) is 0 Å². The van der Waals surface area contributed by atoms with Crippen molar-refractivity contribution in [3.05, 3.63) is 119 Å². The molecule has 0 N–H and O–H groups in total. The van der Waals surface area contributed by atoms with Gasteiger partial charge < -0.3 is 0 Å². The van der Waals surface area contributed by atoms with Gasteiger partial charge in [-0.1, -0.05) is 87.0 Å². The van der Waals surface area contributed by atoms with Gasteiger partial charge in [0.1, 0.15) is 17.5 Å². The molecule has 0 amide bonds. The van der Waals surface area contributed by atoms with Crippen LogP contribution in [0.15, 0.2) is 84.9 Å². The third kappa shape index (κ3) is 5.19. The number of hydrogen-bond donors (Lipinski definition) is 0. The predicted molar refractivity (Wildman–Crippen MR) is 130 cm³/mol. The number of benzene rings is 4. The van der Waals surface area contributed by atoms with E-state index in [1.807, 2.05) is 49.4 Å². The molecule has 0 aliphatic heterocycles. The lowest BCUT2D eigenvalue weighted by Gasteiger charge is -2.13. The molecule has 0 fully saturated rings. The van der Waals surface area contributed by atoms with E-state index in [4.69, 9.17) is 0 Å². The van der Waals surface area contributed by atoms with Crippen molar-refractivity contribution in [2.24, 2.45) is 0 Å². The van der Waals surface area contributed by atoms with Crippen LogP contribution in [0, 0.1) is 17.5 Å². The molecular weight excluding hydrogens is 417 g/mol. The number of hydrogen-bond acceptors (Lipinski definition) is 0. The smallest absolute Gasteiger partial charge is 0.134 e. The molecule has 0 bridgehead atoms. The first-order valence-electron chi connectivity index (χ1n) is 11.4. The van der Waals surface area contributed by atoms with Crippen molar-refractivity contribution in [1.29, 1.82) is 0 Å². The van der Waals surface area contributed by atoms with Crippen LogP contribution in [0.25, 0.3) is 22.3 Å². The Labute approximate surface area is 193 Å². The van der Waals surface area contributed by atoms with Crippen LogP contribution in [0.1, 0.15) is 42.9 Å². The summed E-state index contributed by atoms with van der Waals surface area (Å²) in [6.45, 7) is 4.15. The van der Waals surface area contributed by atoms with E-state index in [0.717, 1.165) is 24.0 Å². The van der Waals surface area contributed by atoms with E-state index < -0.39 is 17.5 Å². The van der Waals surface area contributed by atoms with Gasteiger partial charge in [-0.3, -0.25) is 0 Å². The Morgan fingerprint density at radius 3 is 1.88 bits per heavy atom. The molecule has 0 saturated heterocycles. The van der Waals surface area contributed by atoms with Gasteiger partial charge in [0.25, 0.3) is 0 Å². The summed E-state index contributed by atoms with van der Waals surface area (Å²) >= 11 is 0. The molecule has 4 aromatic rings. The fourth-order valence-corrected chi connectivity index (χ4v) is 4.28. The van der Waals surface area contributed by atoms with E-state index in [9.17, 15) is 13.2 Å². The Kier molecular flexibility index (Phi) is 6.98. The molecule has 0 aromatic heterocycles. The minimum absolute atomic E-state index is 0.200. The van der Waals surface area contributed by atoms with Gasteiger partial charge in [-0.05, 0) is 70.3 Å². The maximum absolute atomic E-state index is 14.9. The molecule has 1 atom stereocenters. The molecule has 0 nitrogen and oxygen atoms in total. The van der Waals surface area contributed by atoms with Crippen molar-refractivity contribution >= 4 is 0 Å². The Morgan fingerprint density at radius 2 is 1.27 bits per heavy atom. The monoisotopic (exact) mass is 444 g/mol. The van der Waals surface area contributed by atoms with Crippen LogP contribution < -0.4 is 0 Å². The normalized spacial score (nSPS) is 12.0. The van der Waals surface area contributed by atoms with Crippen molar-refractivity contribution in [2.75, 3.05) is 0 Å². The fraction of sp³-hybridized carbons (Fsp3) is 0.200. The lowest BCUT2D eigenvalue weighted by molar-refractivity contribution is 0.588. The molecule has 0 radical (unpaired) electrons. The lowest BCUT2D eigenvalue weighted by Crippen LogP contribution is -1.98. The van der Waals surface area contributed by atoms with Crippen molar-refractivity contribution in [3.63, 3.8) is 0 Å². The highest BCUT2D eigenvalue weighted by atomic mass is 19.1. The van der Waals surface area contributed by atoms with Crippen LogP contribution in [-0.2, 0) is 12.8 Å². The highest BCUT2D eigenvalue weighted by molar-refractivity contribution is 5.72. The first-order valence-corrected chi connectivity index (χ1v) is 11.4. The van der Waals surface area contributed by atoms with Gasteiger partial charge in [0.05, 0.1) is 5.56 Å². The highest BCUT2D eigenvalue weighted by Gasteiger charge is 2.16. The Hall–Kier alpha value is -3.33. The first-order chi connectivity index (χ1) is 16.0. The Bertz CT molecular complexity index is 1200. The summed E-state index contributed by atoms with van der Waals surface area (Å²) in [6, 6.07) is 25.1. The van der Waals surface area contributed by atoms with Crippen LogP contribution in [0.3, 0.4) is 0 Å². The molecular formula is C30H27F3. The SMILES string of the molecule is CCCc1ccc(-c2c(F)cc(-c3ccc(C[C@@H](C)c4ccccc4)cc3)cc2F)cc1F. The van der Waals surface area contributed by atoms with Gasteiger partial charge in [-0.2, -0.15) is 0 Å². The second kappa shape index (κ2) is 10.1. The number of aryl methyl sites for hydroxylation is 1. The zero-order chi connectivity index (χ0) is 23.4. The number of rotatable bonds is 7. The van der Waals surface area contributed by atoms with Crippen molar-refractivity contribution in [3.8, 4) is 22.3 Å². The van der Waals surface area contributed by atoms with Gasteiger partial charge >= 0.3 is 0 Å². The maximum Gasteiger partial charge on any atom is 0.134 e. The molecule has 0 heterocycles. The molecule has 0 saturated carbocycles. The second-order valence-corrected chi connectivity index (χ2v) is 8.58. The minimum Gasteiger partial charge on any atom is -0.207 e. The van der Waals surface area contributed by atoms with Crippen LogP contribution in [0.2, 0.25) is 0 Å². The largest absolute Gasteiger partial charge is 0.207 e. The summed E-state index contributed by atoms with van der Waals surface area (Å²) < 4.78 is 44.2. The zero-order valence-corrected chi connectivity index (χ0v) is 18.9. The first kappa shape index (κ1) is 22.8. The third-order valence-corrected chi connectivity index (χ3v) is 6.10. The van der Waals surface area contributed by atoms with Gasteiger partial charge in [0, 0.05) is 0 Å². The second-order valence-electron chi connectivity index (χ2n) is 8.58. The molecule has 0 unspecified atom stereocenters. The molecule has 0 spiro atoms. The van der Waals surface area contributed by atoms with E-state index in [0.29, 0.717) is 23.5 Å². The van der Waals surface area contributed by atoms with Crippen LogP contribution >= 0.6 is 0 Å². The molecule has 0 aliphatic carbocycles. The summed E-state index contributed by atoms with van der Waals surface area (Å²) in [4.78, 5) is 0. The molecule has 168 valence electrons. The van der Waals surface area contributed by atoms with Crippen LogP contribution in [-0.4, -0.2) is 0 Å². The summed E-state index contributed by atoms with van der Waals surface area (Å²) in [7, 11) is 0. The van der Waals surface area contributed by atoms with Crippen molar-refractivity contribution in [1.82, 2.24) is 0 Å². The van der Waals surface area contributed by atoms with E-state index in [1.165, 1.54) is 23.8 Å². The van der Waals surface area contributed by atoms with Crippen LogP contribution in [0.4, 0.5) is 13.2 Å². The topological polar surface area (TPSA) is 0 Å². The van der Waals surface area contributed by atoms with Crippen molar-refractivity contribution < 1.29 is 13.2 Å². The summed E-state index contributed by atoms with van der Waals surface area (Å²) in [5, 5.41) is 0. The number of halogens is 3. The summed E-state index contributed by atoms with van der Waals surface area (Å²) in [6.07, 6.45) is 2.28. The minimum atomic E-state index is -0.700. The molecule has 4 aromatic carbocycles.